The molecule has 0 aromatic carbocycles. The van der Waals surface area contributed by atoms with E-state index >= 15 is 0 Å². The first-order valence-electron chi connectivity index (χ1n) is 8.04. The van der Waals surface area contributed by atoms with Crippen molar-refractivity contribution in [2.75, 3.05) is 18.0 Å². The van der Waals surface area contributed by atoms with Crippen LogP contribution < -0.4 is 4.90 Å². The molecule has 0 amide bonds. The van der Waals surface area contributed by atoms with Gasteiger partial charge in [-0.3, -0.25) is 4.98 Å². The summed E-state index contributed by atoms with van der Waals surface area (Å²) < 4.78 is 40.7. The number of nitrogens with zero attached hydrogens (tertiary/aromatic N) is 5. The van der Waals surface area contributed by atoms with Gasteiger partial charge < -0.3 is 9.47 Å². The lowest BCUT2D eigenvalue weighted by Crippen LogP contribution is -2.35. The number of alkyl halides is 3. The van der Waals surface area contributed by atoms with Crippen molar-refractivity contribution in [2.24, 2.45) is 0 Å². The molecule has 130 valence electrons. The number of anilines is 1. The minimum atomic E-state index is -4.43. The summed E-state index contributed by atoms with van der Waals surface area (Å²) in [6, 6.07) is 3.00. The molecular weight excluding hydrogens is 319 g/mol. The van der Waals surface area contributed by atoms with Crippen LogP contribution in [0, 0.1) is 0 Å². The third-order valence-corrected chi connectivity index (χ3v) is 4.34. The topological polar surface area (TPSA) is 46.8 Å². The number of hydrogen-bond donors (Lipinski definition) is 0. The molecule has 1 aliphatic rings. The van der Waals surface area contributed by atoms with Gasteiger partial charge in [-0.1, -0.05) is 0 Å². The summed E-state index contributed by atoms with van der Waals surface area (Å²) in [5, 5.41) is 8.24. The van der Waals surface area contributed by atoms with Crippen LogP contribution in [-0.2, 0) is 6.18 Å². The molecule has 0 N–H and O–H groups in total. The highest BCUT2D eigenvalue weighted by atomic mass is 19.4. The Kier molecular flexibility index (Phi) is 4.47. The standard InChI is InChI=1S/C16H20F3N5/c1-11(2)24-10-21-22-15(24)12-4-3-7-23(9-12)13-5-6-20-14(8-13)16(17,18)19/h5-6,8,10-12H,3-4,7,9H2,1-2H3/t12-/m1/s1. The maximum atomic E-state index is 12.9. The van der Waals surface area contributed by atoms with Crippen LogP contribution in [-0.4, -0.2) is 32.8 Å². The predicted molar refractivity (Wildman–Crippen MR) is 83.8 cm³/mol. The fourth-order valence-corrected chi connectivity index (χ4v) is 3.14. The fourth-order valence-electron chi connectivity index (χ4n) is 3.14. The van der Waals surface area contributed by atoms with E-state index in [0.29, 0.717) is 12.2 Å². The summed E-state index contributed by atoms with van der Waals surface area (Å²) in [4.78, 5) is 5.41. The molecule has 0 spiro atoms. The van der Waals surface area contributed by atoms with E-state index in [2.05, 4.69) is 29.0 Å². The molecule has 2 aromatic heterocycles. The van der Waals surface area contributed by atoms with E-state index in [0.717, 1.165) is 31.3 Å². The van der Waals surface area contributed by atoms with Gasteiger partial charge in [0.1, 0.15) is 17.8 Å². The van der Waals surface area contributed by atoms with Crippen LogP contribution >= 0.6 is 0 Å². The average molecular weight is 339 g/mol. The molecule has 0 unspecified atom stereocenters. The van der Waals surface area contributed by atoms with Crippen LogP contribution in [0.4, 0.5) is 18.9 Å². The summed E-state index contributed by atoms with van der Waals surface area (Å²) in [5.41, 5.74) is -0.301. The second-order valence-electron chi connectivity index (χ2n) is 6.37. The molecule has 1 saturated heterocycles. The molecular formula is C16H20F3N5. The molecule has 24 heavy (non-hydrogen) atoms. The van der Waals surface area contributed by atoms with Crippen LogP contribution in [0.1, 0.15) is 50.2 Å². The zero-order valence-corrected chi connectivity index (χ0v) is 13.7. The third kappa shape index (κ3) is 3.37. The van der Waals surface area contributed by atoms with Crippen molar-refractivity contribution in [3.8, 4) is 0 Å². The second kappa shape index (κ2) is 6.41. The summed E-state index contributed by atoms with van der Waals surface area (Å²) in [7, 11) is 0. The van der Waals surface area contributed by atoms with Gasteiger partial charge >= 0.3 is 6.18 Å². The zero-order valence-electron chi connectivity index (χ0n) is 13.7. The van der Waals surface area contributed by atoms with Crippen molar-refractivity contribution in [1.82, 2.24) is 19.7 Å². The van der Waals surface area contributed by atoms with E-state index in [1.807, 2.05) is 9.47 Å². The quantitative estimate of drug-likeness (QED) is 0.856. The van der Waals surface area contributed by atoms with Gasteiger partial charge in [-0.2, -0.15) is 13.2 Å². The molecule has 1 aliphatic heterocycles. The minimum Gasteiger partial charge on any atom is -0.371 e. The maximum absolute atomic E-state index is 12.9. The lowest BCUT2D eigenvalue weighted by atomic mass is 9.96. The van der Waals surface area contributed by atoms with Crippen LogP contribution in [0.2, 0.25) is 0 Å². The molecule has 3 heterocycles. The monoisotopic (exact) mass is 339 g/mol. The van der Waals surface area contributed by atoms with E-state index < -0.39 is 11.9 Å². The Morgan fingerprint density at radius 2 is 2.08 bits per heavy atom. The van der Waals surface area contributed by atoms with Gasteiger partial charge in [0.05, 0.1) is 0 Å². The highest BCUT2D eigenvalue weighted by molar-refractivity contribution is 5.48. The number of halogens is 3. The average Bonchev–Trinajstić information content (AvgIpc) is 3.04. The molecule has 0 saturated carbocycles. The SMILES string of the molecule is CC(C)n1cnnc1[C@@H]1CCCN(c2ccnc(C(F)(F)F)c2)C1. The molecule has 8 heteroatoms. The highest BCUT2D eigenvalue weighted by Crippen LogP contribution is 2.33. The molecule has 0 aliphatic carbocycles. The maximum Gasteiger partial charge on any atom is 0.433 e. The Balaban J connectivity index is 1.82. The number of aromatic nitrogens is 4. The molecule has 1 atom stereocenters. The Labute approximate surface area is 138 Å². The molecule has 3 rings (SSSR count). The van der Waals surface area contributed by atoms with Gasteiger partial charge in [-0.15, -0.1) is 10.2 Å². The Morgan fingerprint density at radius 1 is 1.29 bits per heavy atom. The summed E-state index contributed by atoms with van der Waals surface area (Å²) in [6.45, 7) is 5.48. The number of pyridine rings is 1. The number of rotatable bonds is 3. The summed E-state index contributed by atoms with van der Waals surface area (Å²) in [6.07, 6.45) is 0.368. The highest BCUT2D eigenvalue weighted by Gasteiger charge is 2.33. The van der Waals surface area contributed by atoms with Gasteiger partial charge in [-0.05, 0) is 38.8 Å². The summed E-state index contributed by atoms with van der Waals surface area (Å²) in [5.74, 6) is 1.06. The van der Waals surface area contributed by atoms with Gasteiger partial charge in [0.2, 0.25) is 0 Å². The molecule has 5 nitrogen and oxygen atoms in total. The smallest absolute Gasteiger partial charge is 0.371 e. The van der Waals surface area contributed by atoms with E-state index in [-0.39, 0.29) is 12.0 Å². The van der Waals surface area contributed by atoms with Crippen molar-refractivity contribution in [3.63, 3.8) is 0 Å². The Bertz CT molecular complexity index is 695. The number of hydrogen-bond acceptors (Lipinski definition) is 4. The first-order valence-corrected chi connectivity index (χ1v) is 8.04. The van der Waals surface area contributed by atoms with Crippen LogP contribution in [0.3, 0.4) is 0 Å². The van der Waals surface area contributed by atoms with Crippen LogP contribution in [0.5, 0.6) is 0 Å². The first-order chi connectivity index (χ1) is 11.4. The molecule has 0 radical (unpaired) electrons. The molecule has 2 aromatic rings. The Morgan fingerprint density at radius 3 is 2.79 bits per heavy atom. The summed E-state index contributed by atoms with van der Waals surface area (Å²) >= 11 is 0. The Hall–Kier alpha value is -2.12. The first kappa shape index (κ1) is 16.7. The van der Waals surface area contributed by atoms with Crippen molar-refractivity contribution in [3.05, 3.63) is 36.2 Å². The van der Waals surface area contributed by atoms with E-state index in [1.165, 1.54) is 6.20 Å². The van der Waals surface area contributed by atoms with Gasteiger partial charge in [0.15, 0.2) is 0 Å². The lowest BCUT2D eigenvalue weighted by molar-refractivity contribution is -0.141. The van der Waals surface area contributed by atoms with Crippen molar-refractivity contribution >= 4 is 5.69 Å². The zero-order chi connectivity index (χ0) is 17.3. The third-order valence-electron chi connectivity index (χ3n) is 4.34. The predicted octanol–water partition coefficient (Wildman–Crippen LogP) is 3.66. The van der Waals surface area contributed by atoms with Crippen molar-refractivity contribution in [2.45, 2.75) is 44.8 Å². The van der Waals surface area contributed by atoms with Gasteiger partial charge in [0.25, 0.3) is 0 Å². The normalized spacial score (nSPS) is 19.1. The van der Waals surface area contributed by atoms with Crippen molar-refractivity contribution in [1.29, 1.82) is 0 Å². The van der Waals surface area contributed by atoms with E-state index in [9.17, 15) is 13.2 Å². The van der Waals surface area contributed by atoms with E-state index in [4.69, 9.17) is 0 Å². The number of piperidine rings is 1. The van der Waals surface area contributed by atoms with Crippen molar-refractivity contribution < 1.29 is 13.2 Å². The minimum absolute atomic E-state index is 0.158. The lowest BCUT2D eigenvalue weighted by Gasteiger charge is -2.34. The second-order valence-corrected chi connectivity index (χ2v) is 6.37. The largest absolute Gasteiger partial charge is 0.433 e. The fraction of sp³-hybridized carbons (Fsp3) is 0.562. The molecule has 1 fully saturated rings. The van der Waals surface area contributed by atoms with Crippen LogP contribution in [0.15, 0.2) is 24.7 Å². The molecule has 0 bridgehead atoms. The van der Waals surface area contributed by atoms with E-state index in [1.54, 1.807) is 12.4 Å². The van der Waals surface area contributed by atoms with Gasteiger partial charge in [0, 0.05) is 36.9 Å². The van der Waals surface area contributed by atoms with Gasteiger partial charge in [-0.25, -0.2) is 0 Å². The van der Waals surface area contributed by atoms with Crippen LogP contribution in [0.25, 0.3) is 0 Å².